The van der Waals surface area contributed by atoms with Crippen LogP contribution in [0.4, 0.5) is 0 Å². The average molecular weight is 214 g/mol. The molecule has 0 bridgehead atoms. The topological polar surface area (TPSA) is 56.0 Å². The van der Waals surface area contributed by atoms with Crippen molar-refractivity contribution in [3.05, 3.63) is 36.0 Å². The second-order valence-corrected chi connectivity index (χ2v) is 3.83. The molecule has 2 aromatic heterocycles. The quantitative estimate of drug-likeness (QED) is 0.730. The molecule has 0 amide bonds. The van der Waals surface area contributed by atoms with Gasteiger partial charge >= 0.3 is 0 Å². The maximum absolute atomic E-state index is 11.6. The predicted molar refractivity (Wildman–Crippen MR) is 57.0 cm³/mol. The molecule has 0 fully saturated rings. The minimum Gasteiger partial charge on any atom is -0.442 e. The molecule has 0 radical (unpaired) electrons. The van der Waals surface area contributed by atoms with Crippen LogP contribution in [0.5, 0.6) is 0 Å². The summed E-state index contributed by atoms with van der Waals surface area (Å²) in [5, 5.41) is 0. The van der Waals surface area contributed by atoms with Gasteiger partial charge in [0.05, 0.1) is 11.9 Å². The normalized spacial score (nSPS) is 14.9. The molecule has 16 heavy (non-hydrogen) atoms. The monoisotopic (exact) mass is 214 g/mol. The SMILES string of the molecule is O=C1CCCc2nc(-c3cnco3)ccc21. The van der Waals surface area contributed by atoms with Crippen molar-refractivity contribution in [3.63, 3.8) is 0 Å². The third-order valence-corrected chi connectivity index (χ3v) is 2.78. The number of pyridine rings is 1. The maximum atomic E-state index is 11.6. The first-order chi connectivity index (χ1) is 7.84. The fourth-order valence-corrected chi connectivity index (χ4v) is 1.98. The Balaban J connectivity index is 2.08. The number of hydrogen-bond acceptors (Lipinski definition) is 4. The smallest absolute Gasteiger partial charge is 0.181 e. The number of ketones is 1. The summed E-state index contributed by atoms with van der Waals surface area (Å²) in [6.07, 6.45) is 5.39. The Hall–Kier alpha value is -1.97. The zero-order chi connectivity index (χ0) is 11.0. The van der Waals surface area contributed by atoms with Gasteiger partial charge in [0.15, 0.2) is 17.9 Å². The van der Waals surface area contributed by atoms with Gasteiger partial charge < -0.3 is 4.42 Å². The van der Waals surface area contributed by atoms with E-state index in [1.165, 1.54) is 6.39 Å². The number of carbonyl (C=O) groups is 1. The van der Waals surface area contributed by atoms with Gasteiger partial charge in [-0.2, -0.15) is 0 Å². The van der Waals surface area contributed by atoms with Crippen molar-refractivity contribution >= 4 is 5.78 Å². The average Bonchev–Trinajstić information content (AvgIpc) is 2.82. The maximum Gasteiger partial charge on any atom is 0.181 e. The van der Waals surface area contributed by atoms with Crippen LogP contribution in [0.1, 0.15) is 28.9 Å². The third kappa shape index (κ3) is 1.43. The lowest BCUT2D eigenvalue weighted by atomic mass is 9.94. The van der Waals surface area contributed by atoms with E-state index in [1.807, 2.05) is 12.1 Å². The molecule has 0 aliphatic heterocycles. The molecular weight excluding hydrogens is 204 g/mol. The molecule has 0 spiro atoms. The van der Waals surface area contributed by atoms with Crippen LogP contribution in [-0.4, -0.2) is 15.8 Å². The lowest BCUT2D eigenvalue weighted by molar-refractivity contribution is 0.0971. The van der Waals surface area contributed by atoms with Crippen LogP contribution in [0.15, 0.2) is 29.1 Å². The van der Waals surface area contributed by atoms with Crippen LogP contribution in [0.25, 0.3) is 11.5 Å². The van der Waals surface area contributed by atoms with Gasteiger partial charge in [-0.05, 0) is 25.0 Å². The molecule has 80 valence electrons. The summed E-state index contributed by atoms with van der Waals surface area (Å²) in [6.45, 7) is 0. The largest absolute Gasteiger partial charge is 0.442 e. The number of hydrogen-bond donors (Lipinski definition) is 0. The first-order valence-corrected chi connectivity index (χ1v) is 5.26. The van der Waals surface area contributed by atoms with Gasteiger partial charge in [-0.15, -0.1) is 0 Å². The Morgan fingerprint density at radius 1 is 1.25 bits per heavy atom. The summed E-state index contributed by atoms with van der Waals surface area (Å²) >= 11 is 0. The molecule has 2 aromatic rings. The van der Waals surface area contributed by atoms with Crippen molar-refractivity contribution in [2.75, 3.05) is 0 Å². The van der Waals surface area contributed by atoms with Gasteiger partial charge in [0.1, 0.15) is 5.69 Å². The van der Waals surface area contributed by atoms with Gasteiger partial charge in [-0.3, -0.25) is 4.79 Å². The van der Waals surface area contributed by atoms with E-state index in [2.05, 4.69) is 9.97 Å². The Kier molecular flexibility index (Phi) is 2.06. The minimum atomic E-state index is 0.192. The third-order valence-electron chi connectivity index (χ3n) is 2.78. The zero-order valence-corrected chi connectivity index (χ0v) is 8.64. The molecule has 0 unspecified atom stereocenters. The van der Waals surface area contributed by atoms with Crippen molar-refractivity contribution in [2.45, 2.75) is 19.3 Å². The number of fused-ring (bicyclic) bond motifs is 1. The van der Waals surface area contributed by atoms with Crippen LogP contribution < -0.4 is 0 Å². The summed E-state index contributed by atoms with van der Waals surface area (Å²) in [5.74, 6) is 0.832. The fraction of sp³-hybridized carbons (Fsp3) is 0.250. The number of aryl methyl sites for hydroxylation is 1. The number of oxazole rings is 1. The highest BCUT2D eigenvalue weighted by Gasteiger charge is 2.19. The van der Waals surface area contributed by atoms with E-state index in [1.54, 1.807) is 6.20 Å². The van der Waals surface area contributed by atoms with Gasteiger partial charge in [0, 0.05) is 12.0 Å². The molecule has 0 saturated carbocycles. The van der Waals surface area contributed by atoms with Crippen molar-refractivity contribution in [2.24, 2.45) is 0 Å². The van der Waals surface area contributed by atoms with E-state index >= 15 is 0 Å². The zero-order valence-electron chi connectivity index (χ0n) is 8.64. The molecular formula is C12H10N2O2. The number of Topliss-reactive ketones (excluding diaryl/α,β-unsaturated/α-hetero) is 1. The van der Waals surface area contributed by atoms with Gasteiger partial charge in [0.25, 0.3) is 0 Å². The first kappa shape index (κ1) is 9.27. The molecule has 2 heterocycles. The summed E-state index contributed by atoms with van der Waals surface area (Å²) in [6, 6.07) is 3.64. The second kappa shape index (κ2) is 3.56. The minimum absolute atomic E-state index is 0.192. The van der Waals surface area contributed by atoms with Crippen LogP contribution in [0.2, 0.25) is 0 Å². The standard InChI is InChI=1S/C12H10N2O2/c15-11-3-1-2-9-8(11)4-5-10(14-9)12-6-13-7-16-12/h4-7H,1-3H2. The number of carbonyl (C=O) groups excluding carboxylic acids is 1. The Labute approximate surface area is 92.3 Å². The number of nitrogens with zero attached hydrogens (tertiary/aromatic N) is 2. The highest BCUT2D eigenvalue weighted by atomic mass is 16.3. The van der Waals surface area contributed by atoms with E-state index < -0.39 is 0 Å². The van der Waals surface area contributed by atoms with Gasteiger partial charge in [-0.25, -0.2) is 9.97 Å². The van der Waals surface area contributed by atoms with Crippen LogP contribution in [-0.2, 0) is 6.42 Å². The number of rotatable bonds is 1. The molecule has 0 saturated heterocycles. The van der Waals surface area contributed by atoms with E-state index in [0.717, 1.165) is 29.8 Å². The Morgan fingerprint density at radius 2 is 2.19 bits per heavy atom. The lowest BCUT2D eigenvalue weighted by Gasteiger charge is -2.13. The molecule has 4 nitrogen and oxygen atoms in total. The number of aromatic nitrogens is 2. The molecule has 0 N–H and O–H groups in total. The van der Waals surface area contributed by atoms with E-state index in [9.17, 15) is 4.79 Å². The highest BCUT2D eigenvalue weighted by Crippen LogP contribution is 2.23. The van der Waals surface area contributed by atoms with Crippen molar-refractivity contribution in [3.8, 4) is 11.5 Å². The summed E-state index contributed by atoms with van der Waals surface area (Å²) in [7, 11) is 0. The highest BCUT2D eigenvalue weighted by molar-refractivity contribution is 5.98. The van der Waals surface area contributed by atoms with Crippen molar-refractivity contribution < 1.29 is 9.21 Å². The lowest BCUT2D eigenvalue weighted by Crippen LogP contribution is -2.12. The summed E-state index contributed by atoms with van der Waals surface area (Å²) < 4.78 is 5.18. The van der Waals surface area contributed by atoms with Crippen LogP contribution in [0, 0.1) is 0 Å². The van der Waals surface area contributed by atoms with E-state index in [4.69, 9.17) is 4.42 Å². The summed E-state index contributed by atoms with van der Waals surface area (Å²) in [4.78, 5) is 19.9. The van der Waals surface area contributed by atoms with Gasteiger partial charge in [0.2, 0.25) is 0 Å². The van der Waals surface area contributed by atoms with E-state index in [-0.39, 0.29) is 5.78 Å². The van der Waals surface area contributed by atoms with Crippen LogP contribution in [0.3, 0.4) is 0 Å². The Bertz CT molecular complexity index is 532. The van der Waals surface area contributed by atoms with Gasteiger partial charge in [-0.1, -0.05) is 0 Å². The summed E-state index contributed by atoms with van der Waals surface area (Å²) in [5.41, 5.74) is 2.38. The molecule has 1 aliphatic rings. The van der Waals surface area contributed by atoms with E-state index in [0.29, 0.717) is 12.2 Å². The van der Waals surface area contributed by atoms with Crippen molar-refractivity contribution in [1.82, 2.24) is 9.97 Å². The Morgan fingerprint density at radius 3 is 3.00 bits per heavy atom. The first-order valence-electron chi connectivity index (χ1n) is 5.26. The fourth-order valence-electron chi connectivity index (χ4n) is 1.98. The molecule has 4 heteroatoms. The predicted octanol–water partition coefficient (Wildman–Crippen LogP) is 2.26. The van der Waals surface area contributed by atoms with Crippen molar-refractivity contribution in [1.29, 1.82) is 0 Å². The molecule has 0 atom stereocenters. The second-order valence-electron chi connectivity index (χ2n) is 3.83. The van der Waals surface area contributed by atoms with Crippen LogP contribution >= 0.6 is 0 Å². The molecule has 3 rings (SSSR count). The molecule has 1 aliphatic carbocycles. The molecule has 0 aromatic carbocycles.